The number of hydrogen-bond acceptors (Lipinski definition) is 2. The normalized spacial score (nSPS) is 9.81. The molecular weight excluding hydrogens is 279 g/mol. The Hall–Kier alpha value is -0.0600. The molecule has 0 saturated carbocycles. The van der Waals surface area contributed by atoms with E-state index in [-0.39, 0.29) is 42.8 Å². The van der Waals surface area contributed by atoms with Gasteiger partial charge in [-0.2, -0.15) is 0 Å². The zero-order chi connectivity index (χ0) is 16.0. The Bertz CT molecular complexity index is 225. The summed E-state index contributed by atoms with van der Waals surface area (Å²) in [4.78, 5) is 21.0. The summed E-state index contributed by atoms with van der Waals surface area (Å²) in [5, 5.41) is 17.3. The van der Waals surface area contributed by atoms with E-state index in [4.69, 9.17) is 10.2 Å². The van der Waals surface area contributed by atoms with Crippen LogP contribution in [0.4, 0.5) is 0 Å². The molecule has 0 spiro atoms. The van der Waals surface area contributed by atoms with Crippen molar-refractivity contribution < 1.29 is 50.8 Å². The minimum absolute atomic E-state index is 0. The Balaban J connectivity index is -0.000000135. The van der Waals surface area contributed by atoms with Crippen molar-refractivity contribution in [2.45, 2.75) is 79.1 Å². The molecule has 0 aromatic heterocycles. The minimum atomic E-state index is -0.635. The largest absolute Gasteiger partial charge is 1.00 e. The third kappa shape index (κ3) is 16.1. The summed E-state index contributed by atoms with van der Waals surface area (Å²) in [7, 11) is 0. The van der Waals surface area contributed by atoms with Crippen LogP contribution >= 0.6 is 0 Å². The van der Waals surface area contributed by atoms with Crippen LogP contribution in [0.15, 0.2) is 0 Å². The molecule has 122 valence electrons. The van der Waals surface area contributed by atoms with Gasteiger partial charge in [0.15, 0.2) is 0 Å². The van der Waals surface area contributed by atoms with Gasteiger partial charge in [0.25, 0.3) is 0 Å². The van der Waals surface area contributed by atoms with Crippen molar-refractivity contribution in [3.05, 3.63) is 0 Å². The van der Waals surface area contributed by atoms with E-state index in [2.05, 4.69) is 0 Å². The van der Waals surface area contributed by atoms with Gasteiger partial charge >= 0.3 is 41.5 Å². The number of hydrogen-bond donors (Lipinski definition) is 2. The van der Waals surface area contributed by atoms with Crippen molar-refractivity contribution in [2.75, 3.05) is 0 Å². The van der Waals surface area contributed by atoms with E-state index in [1.807, 2.05) is 27.7 Å². The first kappa shape index (κ1) is 25.9. The van der Waals surface area contributed by atoms with Crippen molar-refractivity contribution in [1.82, 2.24) is 0 Å². The third-order valence-electron chi connectivity index (χ3n) is 3.25. The van der Waals surface area contributed by atoms with Gasteiger partial charge in [-0.3, -0.25) is 9.59 Å². The molecule has 0 aromatic rings. The standard InChI is InChI=1S/2C8H16O2.Na.H/c2*1-3-5-7(6-4-2)8(9)10;;/h2*7H,3-6H2,1-2H3,(H,9,10);;/q;;+1;-1. The van der Waals surface area contributed by atoms with Crippen LogP contribution in [0.1, 0.15) is 80.5 Å². The monoisotopic (exact) mass is 312 g/mol. The summed E-state index contributed by atoms with van der Waals surface area (Å²) in [6, 6.07) is 0. The first-order chi connectivity index (χ1) is 9.44. The molecule has 4 nitrogen and oxygen atoms in total. The molecule has 21 heavy (non-hydrogen) atoms. The second-order valence-corrected chi connectivity index (χ2v) is 5.23. The first-order valence-corrected chi connectivity index (χ1v) is 7.89. The van der Waals surface area contributed by atoms with Crippen LogP contribution in [0.25, 0.3) is 0 Å². The maximum Gasteiger partial charge on any atom is 1.00 e. The molecule has 0 fully saturated rings. The number of aliphatic carboxylic acids is 2. The molecule has 0 radical (unpaired) electrons. The van der Waals surface area contributed by atoms with Crippen LogP contribution in [0, 0.1) is 11.8 Å². The molecule has 2 N–H and O–H groups in total. The van der Waals surface area contributed by atoms with Gasteiger partial charge in [0.05, 0.1) is 11.8 Å². The van der Waals surface area contributed by atoms with E-state index in [1.165, 1.54) is 0 Å². The summed E-state index contributed by atoms with van der Waals surface area (Å²) in [5.74, 6) is -1.47. The second kappa shape index (κ2) is 18.0. The first-order valence-electron chi connectivity index (χ1n) is 7.89. The zero-order valence-electron chi connectivity index (χ0n) is 15.5. The number of rotatable bonds is 10. The van der Waals surface area contributed by atoms with Gasteiger partial charge in [0, 0.05) is 0 Å². The average Bonchev–Trinajstić information content (AvgIpc) is 2.38. The van der Waals surface area contributed by atoms with E-state index in [0.717, 1.165) is 51.4 Å². The summed E-state index contributed by atoms with van der Waals surface area (Å²) in [5.41, 5.74) is 0. The molecule has 0 unspecified atom stereocenters. The molecule has 0 amide bonds. The van der Waals surface area contributed by atoms with Crippen LogP contribution in [-0.2, 0) is 9.59 Å². The number of carboxylic acid groups (broad SMARTS) is 2. The smallest absolute Gasteiger partial charge is 1.00 e. The SMILES string of the molecule is CCCC(CCC)C(=O)O.CCCC(CCC)C(=O)O.[H-].[Na+]. The molecule has 0 atom stereocenters. The molecule has 0 aliphatic carbocycles. The van der Waals surface area contributed by atoms with Gasteiger partial charge in [0.1, 0.15) is 0 Å². The van der Waals surface area contributed by atoms with E-state index in [1.54, 1.807) is 0 Å². The quantitative estimate of drug-likeness (QED) is 0.602. The Labute approximate surface area is 153 Å². The fourth-order valence-corrected chi connectivity index (χ4v) is 2.18. The summed E-state index contributed by atoms with van der Waals surface area (Å²) in [6.07, 6.45) is 7.17. The van der Waals surface area contributed by atoms with Crippen molar-refractivity contribution >= 4 is 11.9 Å². The minimum Gasteiger partial charge on any atom is -1.00 e. The Morgan fingerprint density at radius 3 is 1.00 bits per heavy atom. The fraction of sp³-hybridized carbons (Fsp3) is 0.875. The maximum absolute atomic E-state index is 10.5. The van der Waals surface area contributed by atoms with Crippen LogP contribution in [0.2, 0.25) is 0 Å². The Morgan fingerprint density at radius 1 is 0.714 bits per heavy atom. The number of carbonyl (C=O) groups is 2. The molecular formula is C16H33NaO4. The maximum atomic E-state index is 10.5. The molecule has 0 aromatic carbocycles. The van der Waals surface area contributed by atoms with E-state index in [9.17, 15) is 9.59 Å². The van der Waals surface area contributed by atoms with E-state index in [0.29, 0.717) is 0 Å². The van der Waals surface area contributed by atoms with Crippen LogP contribution in [-0.4, -0.2) is 22.2 Å². The van der Waals surface area contributed by atoms with Crippen molar-refractivity contribution in [3.8, 4) is 0 Å². The van der Waals surface area contributed by atoms with Crippen molar-refractivity contribution in [1.29, 1.82) is 0 Å². The van der Waals surface area contributed by atoms with Crippen molar-refractivity contribution in [3.63, 3.8) is 0 Å². The van der Waals surface area contributed by atoms with Gasteiger partial charge in [-0.15, -0.1) is 0 Å². The average molecular weight is 312 g/mol. The Kier molecular flexibility index (Phi) is 22.2. The predicted molar refractivity (Wildman–Crippen MR) is 83.0 cm³/mol. The van der Waals surface area contributed by atoms with Gasteiger partial charge in [-0.25, -0.2) is 0 Å². The third-order valence-corrected chi connectivity index (χ3v) is 3.25. The summed E-state index contributed by atoms with van der Waals surface area (Å²) in [6.45, 7) is 8.08. The molecule has 5 heteroatoms. The predicted octanol–water partition coefficient (Wildman–Crippen LogP) is 1.69. The molecule has 0 bridgehead atoms. The van der Waals surface area contributed by atoms with Crippen molar-refractivity contribution in [2.24, 2.45) is 11.8 Å². The summed E-state index contributed by atoms with van der Waals surface area (Å²) >= 11 is 0. The molecule has 0 aliphatic rings. The van der Waals surface area contributed by atoms with Gasteiger partial charge in [-0.1, -0.05) is 53.4 Å². The Morgan fingerprint density at radius 2 is 0.905 bits per heavy atom. The van der Waals surface area contributed by atoms with Gasteiger partial charge in [-0.05, 0) is 25.7 Å². The topological polar surface area (TPSA) is 74.6 Å². The van der Waals surface area contributed by atoms with Crippen LogP contribution < -0.4 is 29.6 Å². The molecule has 0 saturated heterocycles. The van der Waals surface area contributed by atoms with E-state index >= 15 is 0 Å². The molecule has 0 heterocycles. The molecule has 0 rings (SSSR count). The molecule has 0 aliphatic heterocycles. The zero-order valence-corrected chi connectivity index (χ0v) is 16.5. The summed E-state index contributed by atoms with van der Waals surface area (Å²) < 4.78 is 0. The van der Waals surface area contributed by atoms with Gasteiger partial charge in [0.2, 0.25) is 0 Å². The van der Waals surface area contributed by atoms with Crippen LogP contribution in [0.5, 0.6) is 0 Å². The fourth-order valence-electron chi connectivity index (χ4n) is 2.18. The van der Waals surface area contributed by atoms with E-state index < -0.39 is 11.9 Å². The second-order valence-electron chi connectivity index (χ2n) is 5.23. The number of carboxylic acids is 2. The van der Waals surface area contributed by atoms with Gasteiger partial charge < -0.3 is 11.6 Å². The van der Waals surface area contributed by atoms with Crippen LogP contribution in [0.3, 0.4) is 0 Å².